The second kappa shape index (κ2) is 2.92. The Hall–Kier alpha value is -0.430. The van der Waals surface area contributed by atoms with Gasteiger partial charge in [-0.3, -0.25) is 0 Å². The Morgan fingerprint density at radius 3 is 2.22 bits per heavy atom. The molecule has 0 aromatic carbocycles. The molecule has 0 amide bonds. The van der Waals surface area contributed by atoms with Crippen molar-refractivity contribution in [1.82, 2.24) is 0 Å². The molecule has 0 rings (SSSR count). The zero-order chi connectivity index (χ0) is 7.49. The molecule has 0 aromatic heterocycles. The van der Waals surface area contributed by atoms with Crippen LogP contribution in [-0.2, 0) is 0 Å². The zero-order valence-corrected chi connectivity index (χ0v) is 5.00. The average Bonchev–Trinajstić information content (AvgIpc) is 1.63. The predicted molar refractivity (Wildman–Crippen MR) is 25.9 cm³/mol. The van der Waals surface area contributed by atoms with E-state index in [-0.39, 0.29) is 0 Å². The Bertz CT molecular complexity index is 128. The molecule has 0 spiro atoms. The van der Waals surface area contributed by atoms with Crippen LogP contribution < -0.4 is 0 Å². The van der Waals surface area contributed by atoms with Gasteiger partial charge in [0.15, 0.2) is 0 Å². The number of halogens is 4. The number of hydrogen-bond donors (Lipinski definition) is 0. The highest BCUT2D eigenvalue weighted by atomic mass is 35.5. The molecule has 0 aliphatic heterocycles. The number of rotatable bonds is 2. The van der Waals surface area contributed by atoms with E-state index in [1.165, 1.54) is 0 Å². The second-order valence-corrected chi connectivity index (χ2v) is 2.01. The molecular formula is C4H3ClF3N. The number of hydrogen-bond acceptors (Lipinski definition) is 1. The van der Waals surface area contributed by atoms with Gasteiger partial charge in [-0.2, -0.15) is 5.26 Å². The molecule has 0 radical (unpaired) electrons. The van der Waals surface area contributed by atoms with Crippen molar-refractivity contribution in [2.45, 2.75) is 18.0 Å². The zero-order valence-electron chi connectivity index (χ0n) is 4.24. The molecule has 0 heterocycles. The van der Waals surface area contributed by atoms with E-state index < -0.39 is 18.0 Å². The fourth-order valence-electron chi connectivity index (χ4n) is 0.239. The fourth-order valence-corrected chi connectivity index (χ4v) is 0.356. The standard InChI is InChI=1S/C4H3ClF3N/c5-4(8,2-9)1-3(6)7/h3H,1H2. The fraction of sp³-hybridized carbons (Fsp3) is 0.750. The minimum atomic E-state index is -2.91. The second-order valence-electron chi connectivity index (χ2n) is 1.41. The molecule has 0 saturated carbocycles. The minimum Gasteiger partial charge on any atom is -0.210 e. The van der Waals surface area contributed by atoms with Crippen molar-refractivity contribution in [3.05, 3.63) is 0 Å². The predicted octanol–water partition coefficient (Wildman–Crippen LogP) is 2.07. The number of nitriles is 1. The summed E-state index contributed by atoms with van der Waals surface area (Å²) in [5.41, 5.74) is 0. The van der Waals surface area contributed by atoms with Crippen molar-refractivity contribution in [1.29, 1.82) is 5.26 Å². The Balaban J connectivity index is 3.76. The van der Waals surface area contributed by atoms with Crippen molar-refractivity contribution in [2.24, 2.45) is 0 Å². The maximum absolute atomic E-state index is 12.0. The maximum Gasteiger partial charge on any atom is 0.274 e. The van der Waals surface area contributed by atoms with Gasteiger partial charge in [0.25, 0.3) is 5.13 Å². The van der Waals surface area contributed by atoms with E-state index in [9.17, 15) is 13.2 Å². The molecule has 1 nitrogen and oxygen atoms in total. The summed E-state index contributed by atoms with van der Waals surface area (Å²) in [5.74, 6) is 0. The van der Waals surface area contributed by atoms with Crippen molar-refractivity contribution in [2.75, 3.05) is 0 Å². The Morgan fingerprint density at radius 2 is 2.11 bits per heavy atom. The van der Waals surface area contributed by atoms with Crippen LogP contribution in [0, 0.1) is 11.3 Å². The van der Waals surface area contributed by atoms with E-state index in [2.05, 4.69) is 11.6 Å². The Labute approximate surface area is 55.0 Å². The van der Waals surface area contributed by atoms with E-state index in [1.807, 2.05) is 0 Å². The lowest BCUT2D eigenvalue weighted by molar-refractivity contribution is 0.103. The van der Waals surface area contributed by atoms with Gasteiger partial charge in [-0.15, -0.1) is 0 Å². The lowest BCUT2D eigenvalue weighted by Gasteiger charge is -2.05. The first kappa shape index (κ1) is 8.57. The maximum atomic E-state index is 12.0. The van der Waals surface area contributed by atoms with Gasteiger partial charge in [-0.05, 0) is 0 Å². The summed E-state index contributed by atoms with van der Waals surface area (Å²) in [6, 6.07) is 0.891. The van der Waals surface area contributed by atoms with E-state index in [0.717, 1.165) is 6.07 Å². The third-order valence-corrected chi connectivity index (χ3v) is 0.813. The highest BCUT2D eigenvalue weighted by molar-refractivity contribution is 6.24. The van der Waals surface area contributed by atoms with Crippen LogP contribution in [0.5, 0.6) is 0 Å². The van der Waals surface area contributed by atoms with Gasteiger partial charge < -0.3 is 0 Å². The molecule has 0 bridgehead atoms. The Morgan fingerprint density at radius 1 is 1.67 bits per heavy atom. The van der Waals surface area contributed by atoms with Crippen LogP contribution in [0.3, 0.4) is 0 Å². The molecule has 0 aromatic rings. The van der Waals surface area contributed by atoms with Crippen LogP contribution in [0.4, 0.5) is 13.2 Å². The van der Waals surface area contributed by atoms with Crippen LogP contribution >= 0.6 is 11.6 Å². The smallest absolute Gasteiger partial charge is 0.210 e. The lowest BCUT2D eigenvalue weighted by Crippen LogP contribution is -2.15. The summed E-state index contributed by atoms with van der Waals surface area (Å²) < 4.78 is 34.5. The molecule has 0 saturated heterocycles. The van der Waals surface area contributed by atoms with Crippen molar-refractivity contribution < 1.29 is 13.2 Å². The summed E-state index contributed by atoms with van der Waals surface area (Å²) in [4.78, 5) is 0. The molecule has 0 fully saturated rings. The van der Waals surface area contributed by atoms with E-state index in [1.54, 1.807) is 0 Å². The normalized spacial score (nSPS) is 16.9. The quantitative estimate of drug-likeness (QED) is 0.563. The minimum absolute atomic E-state index is 0.891. The third-order valence-electron chi connectivity index (χ3n) is 0.574. The van der Waals surface area contributed by atoms with Gasteiger partial charge >= 0.3 is 0 Å². The highest BCUT2D eigenvalue weighted by Crippen LogP contribution is 2.23. The first-order valence-corrected chi connectivity index (χ1v) is 2.43. The van der Waals surface area contributed by atoms with Crippen LogP contribution in [0.2, 0.25) is 0 Å². The van der Waals surface area contributed by atoms with Crippen LogP contribution in [0.1, 0.15) is 6.42 Å². The van der Waals surface area contributed by atoms with Crippen LogP contribution in [-0.4, -0.2) is 11.6 Å². The van der Waals surface area contributed by atoms with Crippen LogP contribution in [0.15, 0.2) is 0 Å². The van der Waals surface area contributed by atoms with E-state index >= 15 is 0 Å². The molecule has 1 unspecified atom stereocenters. The van der Waals surface area contributed by atoms with Gasteiger partial charge in [0, 0.05) is 0 Å². The average molecular weight is 158 g/mol. The largest absolute Gasteiger partial charge is 0.274 e. The number of alkyl halides is 4. The van der Waals surface area contributed by atoms with Crippen molar-refractivity contribution in [3.63, 3.8) is 0 Å². The summed E-state index contributed by atoms with van der Waals surface area (Å²) in [7, 11) is 0. The monoisotopic (exact) mass is 157 g/mol. The SMILES string of the molecule is N#CC(F)(Cl)CC(F)F. The summed E-state index contributed by atoms with van der Waals surface area (Å²) >= 11 is 4.61. The van der Waals surface area contributed by atoms with Gasteiger partial charge in [-0.1, -0.05) is 11.6 Å². The molecule has 52 valence electrons. The van der Waals surface area contributed by atoms with Gasteiger partial charge in [-0.25, -0.2) is 13.2 Å². The topological polar surface area (TPSA) is 23.8 Å². The molecule has 1 atom stereocenters. The molecule has 0 N–H and O–H groups in total. The highest BCUT2D eigenvalue weighted by Gasteiger charge is 2.30. The van der Waals surface area contributed by atoms with Crippen LogP contribution in [0.25, 0.3) is 0 Å². The summed E-state index contributed by atoms with van der Waals surface area (Å²) in [6.45, 7) is 0. The summed E-state index contributed by atoms with van der Waals surface area (Å²) in [6.07, 6.45) is -4.13. The van der Waals surface area contributed by atoms with Crippen molar-refractivity contribution in [3.8, 4) is 6.07 Å². The third kappa shape index (κ3) is 4.10. The van der Waals surface area contributed by atoms with Gasteiger partial charge in [0.1, 0.15) is 6.07 Å². The van der Waals surface area contributed by atoms with E-state index in [4.69, 9.17) is 5.26 Å². The van der Waals surface area contributed by atoms with E-state index in [0.29, 0.717) is 0 Å². The molecule has 0 aliphatic rings. The first-order chi connectivity index (χ1) is 3.98. The van der Waals surface area contributed by atoms with Gasteiger partial charge in [0.05, 0.1) is 6.42 Å². The molecule has 9 heavy (non-hydrogen) atoms. The first-order valence-electron chi connectivity index (χ1n) is 2.05. The molecule has 5 heteroatoms. The molecular weight excluding hydrogens is 154 g/mol. The Kier molecular flexibility index (Phi) is 2.78. The van der Waals surface area contributed by atoms with Gasteiger partial charge in [0.2, 0.25) is 6.43 Å². The summed E-state index contributed by atoms with van der Waals surface area (Å²) in [5, 5.41) is 4.84. The number of nitrogens with zero attached hydrogens (tertiary/aromatic N) is 1. The molecule has 0 aliphatic carbocycles. The van der Waals surface area contributed by atoms with Crippen molar-refractivity contribution >= 4 is 11.6 Å². The lowest BCUT2D eigenvalue weighted by atomic mass is 10.3.